The van der Waals surface area contributed by atoms with E-state index < -0.39 is 0 Å². The van der Waals surface area contributed by atoms with E-state index in [2.05, 4.69) is 10.7 Å². The number of carbonyl (C=O) groups is 2. The Morgan fingerprint density at radius 1 is 1.03 bits per heavy atom. The molecule has 30 heavy (non-hydrogen) atoms. The van der Waals surface area contributed by atoms with Crippen LogP contribution in [0, 0.1) is 11.6 Å². The highest BCUT2D eigenvalue weighted by molar-refractivity contribution is 5.85. The van der Waals surface area contributed by atoms with Gasteiger partial charge in [0, 0.05) is 31.9 Å². The second kappa shape index (κ2) is 8.62. The molecule has 1 saturated heterocycles. The molecule has 2 aliphatic rings. The minimum absolute atomic E-state index is 0.0804. The molecule has 1 fully saturated rings. The fraction of sp³-hybridized carbons (Fsp3) is 0.273. The fourth-order valence-corrected chi connectivity index (χ4v) is 3.65. The van der Waals surface area contributed by atoms with Gasteiger partial charge in [-0.1, -0.05) is 24.3 Å². The molecule has 0 aliphatic carbocycles. The van der Waals surface area contributed by atoms with Gasteiger partial charge in [0.15, 0.2) is 0 Å². The van der Waals surface area contributed by atoms with Crippen LogP contribution < -0.4 is 10.7 Å². The topological polar surface area (TPSA) is 64.7 Å². The summed E-state index contributed by atoms with van der Waals surface area (Å²) in [6, 6.07) is 11.7. The second-order valence-electron chi connectivity index (χ2n) is 7.37. The van der Waals surface area contributed by atoms with Crippen LogP contribution in [0.3, 0.4) is 0 Å². The molecule has 0 aromatic heterocycles. The highest BCUT2D eigenvalue weighted by Gasteiger charge is 2.39. The van der Waals surface area contributed by atoms with Gasteiger partial charge in [0.05, 0.1) is 6.04 Å². The number of benzene rings is 2. The Kier molecular flexibility index (Phi) is 5.76. The number of hydrogen-bond donors (Lipinski definition) is 2. The van der Waals surface area contributed by atoms with Crippen molar-refractivity contribution in [3.8, 4) is 0 Å². The van der Waals surface area contributed by atoms with Gasteiger partial charge in [-0.25, -0.2) is 14.2 Å². The van der Waals surface area contributed by atoms with Crippen molar-refractivity contribution in [1.29, 1.82) is 0 Å². The van der Waals surface area contributed by atoms with Crippen molar-refractivity contribution in [3.63, 3.8) is 0 Å². The van der Waals surface area contributed by atoms with Crippen molar-refractivity contribution in [2.75, 3.05) is 6.54 Å². The average Bonchev–Trinajstić information content (AvgIpc) is 3.18. The maximum atomic E-state index is 13.1. The van der Waals surface area contributed by atoms with E-state index in [-0.39, 0.29) is 48.5 Å². The number of halogens is 2. The highest BCUT2D eigenvalue weighted by Crippen LogP contribution is 2.30. The van der Waals surface area contributed by atoms with Crippen molar-refractivity contribution in [2.24, 2.45) is 0 Å². The maximum absolute atomic E-state index is 13.1. The predicted molar refractivity (Wildman–Crippen MR) is 106 cm³/mol. The van der Waals surface area contributed by atoms with Crippen LogP contribution in [0.2, 0.25) is 0 Å². The minimum Gasteiger partial charge on any atom is -0.352 e. The summed E-state index contributed by atoms with van der Waals surface area (Å²) in [7, 11) is 0. The molecule has 2 heterocycles. The van der Waals surface area contributed by atoms with Gasteiger partial charge in [-0.15, -0.1) is 0 Å². The number of amides is 2. The molecular formula is C22H22F2N4O2. The van der Waals surface area contributed by atoms with E-state index >= 15 is 0 Å². The van der Waals surface area contributed by atoms with Crippen LogP contribution in [0.1, 0.15) is 30.0 Å². The third kappa shape index (κ3) is 4.49. The summed E-state index contributed by atoms with van der Waals surface area (Å²) in [5, 5.41) is 4.54. The van der Waals surface area contributed by atoms with Gasteiger partial charge in [0.1, 0.15) is 17.7 Å². The van der Waals surface area contributed by atoms with Crippen molar-refractivity contribution in [3.05, 3.63) is 83.7 Å². The molecule has 0 spiro atoms. The minimum atomic E-state index is -0.368. The van der Waals surface area contributed by atoms with Crippen molar-refractivity contribution in [1.82, 2.24) is 20.7 Å². The summed E-state index contributed by atoms with van der Waals surface area (Å²) >= 11 is 0. The zero-order valence-corrected chi connectivity index (χ0v) is 16.2. The highest BCUT2D eigenvalue weighted by atomic mass is 19.1. The zero-order chi connectivity index (χ0) is 21.1. The Hall–Kier alpha value is -3.26. The molecule has 2 atom stereocenters. The second-order valence-corrected chi connectivity index (χ2v) is 7.37. The summed E-state index contributed by atoms with van der Waals surface area (Å²) in [6.07, 6.45) is 4.17. The molecule has 2 aliphatic heterocycles. The number of hydrazine groups is 1. The van der Waals surface area contributed by atoms with E-state index in [1.807, 2.05) is 0 Å². The summed E-state index contributed by atoms with van der Waals surface area (Å²) in [5.41, 5.74) is 4.98. The van der Waals surface area contributed by atoms with Crippen molar-refractivity contribution < 1.29 is 18.4 Å². The van der Waals surface area contributed by atoms with Gasteiger partial charge in [0.2, 0.25) is 5.91 Å². The van der Waals surface area contributed by atoms with Crippen LogP contribution in [-0.2, 0) is 16.1 Å². The number of rotatable bonds is 6. The molecule has 2 aromatic rings. The van der Waals surface area contributed by atoms with E-state index in [9.17, 15) is 18.4 Å². The predicted octanol–water partition coefficient (Wildman–Crippen LogP) is 2.60. The molecule has 2 amide bonds. The molecule has 8 heteroatoms. The first-order chi connectivity index (χ1) is 14.5. The first kappa shape index (κ1) is 20.0. The summed E-state index contributed by atoms with van der Waals surface area (Å²) in [6.45, 7) is 0.582. The lowest BCUT2D eigenvalue weighted by atomic mass is 10.0. The van der Waals surface area contributed by atoms with Crippen LogP contribution >= 0.6 is 0 Å². The number of hydrogen-bond acceptors (Lipinski definition) is 4. The molecule has 0 bridgehead atoms. The summed E-state index contributed by atoms with van der Waals surface area (Å²) in [5.74, 6) is -0.885. The molecule has 2 aromatic carbocycles. The average molecular weight is 412 g/mol. The standard InChI is InChI=1S/C22H22F2N4O2/c23-17-5-1-15(2-6-17)14-25-21(29)9-10-27-11-12-28-20(22(27)30)13-19(26-28)16-3-7-18(24)8-4-16/h1-8,11-12,19-20,26H,9-10,13-14H2,(H,25,29). The van der Waals surface area contributed by atoms with Gasteiger partial charge >= 0.3 is 0 Å². The summed E-state index contributed by atoms with van der Waals surface area (Å²) < 4.78 is 26.1. The van der Waals surface area contributed by atoms with E-state index in [1.54, 1.807) is 46.6 Å². The molecule has 6 nitrogen and oxygen atoms in total. The van der Waals surface area contributed by atoms with Gasteiger partial charge in [-0.3, -0.25) is 9.59 Å². The molecule has 0 radical (unpaired) electrons. The Morgan fingerprint density at radius 2 is 1.70 bits per heavy atom. The normalized spacial score (nSPS) is 20.4. The Bertz CT molecular complexity index is 947. The van der Waals surface area contributed by atoms with E-state index in [0.29, 0.717) is 13.0 Å². The van der Waals surface area contributed by atoms with Crippen LogP contribution in [0.15, 0.2) is 60.9 Å². The van der Waals surface area contributed by atoms with Gasteiger partial charge in [-0.05, 0) is 41.8 Å². The number of nitrogens with zero attached hydrogens (tertiary/aromatic N) is 2. The first-order valence-electron chi connectivity index (χ1n) is 9.79. The van der Waals surface area contributed by atoms with Gasteiger partial charge in [-0.2, -0.15) is 0 Å². The lowest BCUT2D eigenvalue weighted by Crippen LogP contribution is -2.48. The lowest BCUT2D eigenvalue weighted by Gasteiger charge is -2.31. The molecular weight excluding hydrogens is 390 g/mol. The zero-order valence-electron chi connectivity index (χ0n) is 16.2. The number of nitrogens with one attached hydrogen (secondary N) is 2. The molecule has 156 valence electrons. The fourth-order valence-electron chi connectivity index (χ4n) is 3.65. The number of carbonyl (C=O) groups excluding carboxylic acids is 2. The Labute approximate surface area is 173 Å². The molecule has 4 rings (SSSR count). The molecule has 0 saturated carbocycles. The Morgan fingerprint density at radius 3 is 2.40 bits per heavy atom. The largest absolute Gasteiger partial charge is 0.352 e. The lowest BCUT2D eigenvalue weighted by molar-refractivity contribution is -0.134. The van der Waals surface area contributed by atoms with E-state index in [1.165, 1.54) is 24.3 Å². The van der Waals surface area contributed by atoms with Crippen LogP contribution in [0.5, 0.6) is 0 Å². The van der Waals surface area contributed by atoms with E-state index in [4.69, 9.17) is 0 Å². The smallest absolute Gasteiger partial charge is 0.250 e. The van der Waals surface area contributed by atoms with Crippen LogP contribution in [0.25, 0.3) is 0 Å². The summed E-state index contributed by atoms with van der Waals surface area (Å²) in [4.78, 5) is 26.5. The van der Waals surface area contributed by atoms with Crippen molar-refractivity contribution >= 4 is 11.8 Å². The quantitative estimate of drug-likeness (QED) is 0.766. The molecule has 2 N–H and O–H groups in total. The van der Waals surface area contributed by atoms with Gasteiger partial charge < -0.3 is 15.2 Å². The monoisotopic (exact) mass is 412 g/mol. The number of fused-ring (bicyclic) bond motifs is 1. The van der Waals surface area contributed by atoms with Gasteiger partial charge in [0.25, 0.3) is 5.91 Å². The SMILES string of the molecule is O=C(CCN1C=CN2NC(c3ccc(F)cc3)CC2C1=O)NCc1ccc(F)cc1. The van der Waals surface area contributed by atoms with Crippen LogP contribution in [-0.4, -0.2) is 34.3 Å². The maximum Gasteiger partial charge on any atom is 0.250 e. The third-order valence-electron chi connectivity index (χ3n) is 5.33. The van der Waals surface area contributed by atoms with Crippen LogP contribution in [0.4, 0.5) is 8.78 Å². The van der Waals surface area contributed by atoms with E-state index in [0.717, 1.165) is 11.1 Å². The Balaban J connectivity index is 1.28. The third-order valence-corrected chi connectivity index (χ3v) is 5.33. The van der Waals surface area contributed by atoms with Crippen molar-refractivity contribution in [2.45, 2.75) is 31.5 Å². The molecule has 2 unspecified atom stereocenters. The first-order valence-corrected chi connectivity index (χ1v) is 9.79.